The summed E-state index contributed by atoms with van der Waals surface area (Å²) >= 11 is 6.44. The number of hydrogen-bond donors (Lipinski definition) is 1. The molecule has 1 amide bonds. The lowest BCUT2D eigenvalue weighted by atomic mass is 10.2. The van der Waals surface area contributed by atoms with Crippen LogP contribution in [-0.2, 0) is 9.59 Å². The number of rotatable bonds is 7. The van der Waals surface area contributed by atoms with Gasteiger partial charge in [-0.05, 0) is 43.2 Å². The van der Waals surface area contributed by atoms with Gasteiger partial charge >= 0.3 is 5.97 Å². The normalized spacial score (nSPS) is 15.3. The predicted octanol–water partition coefficient (Wildman–Crippen LogP) is 4.25. The van der Waals surface area contributed by atoms with E-state index < -0.39 is 5.97 Å². The van der Waals surface area contributed by atoms with Gasteiger partial charge in [0.15, 0.2) is 0 Å². The number of nitrogens with zero attached hydrogens (tertiary/aromatic N) is 2. The molecular formula is C20H18N2O4S2. The monoisotopic (exact) mass is 414 g/mol. The van der Waals surface area contributed by atoms with Crippen molar-refractivity contribution in [3.05, 3.63) is 58.6 Å². The number of amides is 1. The van der Waals surface area contributed by atoms with Crippen molar-refractivity contribution < 1.29 is 19.4 Å². The minimum Gasteiger partial charge on any atom is -0.481 e. The molecule has 0 radical (unpaired) electrons. The SMILES string of the molecule is Cc1ccc(Oc2ccc(/C=C3\SC(=S)N(CCCC(=O)O)C3=O)cn2)cc1. The van der Waals surface area contributed by atoms with Gasteiger partial charge < -0.3 is 9.84 Å². The molecule has 0 atom stereocenters. The Labute approximate surface area is 172 Å². The Morgan fingerprint density at radius 2 is 2.04 bits per heavy atom. The van der Waals surface area contributed by atoms with Gasteiger partial charge in [-0.2, -0.15) is 0 Å². The van der Waals surface area contributed by atoms with Crippen LogP contribution in [0.1, 0.15) is 24.0 Å². The van der Waals surface area contributed by atoms with Crippen molar-refractivity contribution in [1.82, 2.24) is 9.88 Å². The first-order valence-corrected chi connectivity index (χ1v) is 9.82. The highest BCUT2D eigenvalue weighted by atomic mass is 32.2. The zero-order valence-electron chi connectivity index (χ0n) is 15.1. The molecule has 28 heavy (non-hydrogen) atoms. The molecule has 2 aromatic rings. The number of thiocarbonyl (C=S) groups is 1. The zero-order chi connectivity index (χ0) is 20.1. The molecule has 1 fully saturated rings. The highest BCUT2D eigenvalue weighted by Gasteiger charge is 2.31. The number of carboxylic acid groups (broad SMARTS) is 1. The molecule has 0 unspecified atom stereocenters. The lowest BCUT2D eigenvalue weighted by Crippen LogP contribution is -2.29. The third-order valence-corrected chi connectivity index (χ3v) is 5.32. The number of ether oxygens (including phenoxy) is 1. The zero-order valence-corrected chi connectivity index (χ0v) is 16.8. The summed E-state index contributed by atoms with van der Waals surface area (Å²) in [6.07, 6.45) is 3.71. The number of aromatic nitrogens is 1. The van der Waals surface area contributed by atoms with Crippen molar-refractivity contribution in [3.63, 3.8) is 0 Å². The fourth-order valence-electron chi connectivity index (χ4n) is 2.50. The van der Waals surface area contributed by atoms with Crippen LogP contribution in [-0.4, -0.2) is 37.7 Å². The number of hydrogen-bond acceptors (Lipinski definition) is 6. The number of pyridine rings is 1. The number of benzene rings is 1. The van der Waals surface area contributed by atoms with E-state index in [9.17, 15) is 9.59 Å². The van der Waals surface area contributed by atoms with E-state index >= 15 is 0 Å². The topological polar surface area (TPSA) is 79.7 Å². The number of thioether (sulfide) groups is 1. The van der Waals surface area contributed by atoms with Crippen molar-refractivity contribution in [1.29, 1.82) is 0 Å². The summed E-state index contributed by atoms with van der Waals surface area (Å²) in [5.74, 6) is 0.0654. The molecule has 144 valence electrons. The maximum atomic E-state index is 12.5. The standard InChI is InChI=1S/C20H18N2O4S2/c1-13-4-7-15(8-5-13)26-17-9-6-14(12-21-17)11-16-19(25)22(20(27)28-16)10-2-3-18(23)24/h4-9,11-12H,2-3,10H2,1H3,(H,23,24)/b16-11-. The number of carbonyl (C=O) groups excluding carboxylic acids is 1. The van der Waals surface area contributed by atoms with E-state index in [2.05, 4.69) is 4.98 Å². The van der Waals surface area contributed by atoms with E-state index in [-0.39, 0.29) is 12.3 Å². The van der Waals surface area contributed by atoms with Gasteiger partial charge in [-0.25, -0.2) is 4.98 Å². The van der Waals surface area contributed by atoms with Crippen molar-refractivity contribution in [3.8, 4) is 11.6 Å². The number of aryl methyl sites for hydroxylation is 1. The van der Waals surface area contributed by atoms with E-state index in [1.54, 1.807) is 18.3 Å². The van der Waals surface area contributed by atoms with Crippen LogP contribution >= 0.6 is 24.0 Å². The van der Waals surface area contributed by atoms with Crippen LogP contribution in [0.2, 0.25) is 0 Å². The van der Waals surface area contributed by atoms with Crippen LogP contribution in [0.5, 0.6) is 11.6 Å². The highest BCUT2D eigenvalue weighted by molar-refractivity contribution is 8.26. The van der Waals surface area contributed by atoms with Crippen LogP contribution in [0.4, 0.5) is 0 Å². The van der Waals surface area contributed by atoms with Gasteiger partial charge in [-0.15, -0.1) is 0 Å². The minimum atomic E-state index is -0.889. The third kappa shape index (κ3) is 5.17. The summed E-state index contributed by atoms with van der Waals surface area (Å²) in [7, 11) is 0. The van der Waals surface area contributed by atoms with Crippen LogP contribution in [0.3, 0.4) is 0 Å². The average Bonchev–Trinajstić information content (AvgIpc) is 2.92. The van der Waals surface area contributed by atoms with Crippen molar-refractivity contribution in [2.75, 3.05) is 6.54 Å². The Morgan fingerprint density at radius 1 is 1.29 bits per heavy atom. The highest BCUT2D eigenvalue weighted by Crippen LogP contribution is 2.32. The fourth-order valence-corrected chi connectivity index (χ4v) is 3.81. The molecule has 0 saturated carbocycles. The second-order valence-corrected chi connectivity index (χ2v) is 7.85. The molecule has 8 heteroatoms. The number of carbonyl (C=O) groups is 2. The first-order valence-electron chi connectivity index (χ1n) is 8.60. The second-order valence-electron chi connectivity index (χ2n) is 6.18. The molecule has 1 aliphatic rings. The minimum absolute atomic E-state index is 0.00245. The molecule has 1 aliphatic heterocycles. The molecule has 0 bridgehead atoms. The maximum Gasteiger partial charge on any atom is 0.303 e. The molecule has 1 aromatic carbocycles. The first-order chi connectivity index (χ1) is 13.4. The molecule has 6 nitrogen and oxygen atoms in total. The average molecular weight is 415 g/mol. The Kier molecular flexibility index (Phi) is 6.43. The number of carboxylic acids is 1. The first kappa shape index (κ1) is 20.0. The summed E-state index contributed by atoms with van der Waals surface area (Å²) in [5, 5.41) is 8.72. The second kappa shape index (κ2) is 8.99. The van der Waals surface area contributed by atoms with Gasteiger partial charge in [-0.3, -0.25) is 14.5 Å². The van der Waals surface area contributed by atoms with E-state index in [0.29, 0.717) is 33.8 Å². The summed E-state index contributed by atoms with van der Waals surface area (Å²) < 4.78 is 6.14. The van der Waals surface area contributed by atoms with Gasteiger partial charge in [0.05, 0.1) is 4.91 Å². The summed E-state index contributed by atoms with van der Waals surface area (Å²) in [4.78, 5) is 29.3. The van der Waals surface area contributed by atoms with E-state index in [4.69, 9.17) is 22.1 Å². The molecule has 0 aliphatic carbocycles. The van der Waals surface area contributed by atoms with Crippen molar-refractivity contribution in [2.24, 2.45) is 0 Å². The largest absolute Gasteiger partial charge is 0.481 e. The molecule has 1 saturated heterocycles. The Bertz CT molecular complexity index is 924. The molecular weight excluding hydrogens is 396 g/mol. The Balaban J connectivity index is 1.64. The summed E-state index contributed by atoms with van der Waals surface area (Å²) in [6, 6.07) is 11.2. The van der Waals surface area contributed by atoms with Gasteiger partial charge in [0.25, 0.3) is 5.91 Å². The van der Waals surface area contributed by atoms with E-state index in [1.807, 2.05) is 37.3 Å². The molecule has 0 spiro atoms. The molecule has 1 aromatic heterocycles. The summed E-state index contributed by atoms with van der Waals surface area (Å²) in [6.45, 7) is 2.31. The maximum absolute atomic E-state index is 12.5. The van der Waals surface area contributed by atoms with E-state index in [0.717, 1.165) is 11.1 Å². The van der Waals surface area contributed by atoms with Gasteiger partial charge in [0, 0.05) is 25.2 Å². The van der Waals surface area contributed by atoms with Crippen LogP contribution in [0, 0.1) is 6.92 Å². The summed E-state index contributed by atoms with van der Waals surface area (Å²) in [5.41, 5.74) is 1.90. The molecule has 3 rings (SSSR count). The van der Waals surface area contributed by atoms with Gasteiger partial charge in [0.1, 0.15) is 10.1 Å². The lowest BCUT2D eigenvalue weighted by molar-refractivity contribution is -0.137. The van der Waals surface area contributed by atoms with Crippen LogP contribution in [0.25, 0.3) is 6.08 Å². The fraction of sp³-hybridized carbons (Fsp3) is 0.200. The predicted molar refractivity (Wildman–Crippen MR) is 112 cm³/mol. The molecule has 1 N–H and O–H groups in total. The lowest BCUT2D eigenvalue weighted by Gasteiger charge is -2.13. The molecule has 2 heterocycles. The Morgan fingerprint density at radius 3 is 2.68 bits per heavy atom. The Hall–Kier alpha value is -2.71. The smallest absolute Gasteiger partial charge is 0.303 e. The van der Waals surface area contributed by atoms with Crippen molar-refractivity contribution >= 4 is 46.3 Å². The quantitative estimate of drug-likeness (QED) is 0.536. The van der Waals surface area contributed by atoms with Crippen LogP contribution in [0.15, 0.2) is 47.5 Å². The van der Waals surface area contributed by atoms with Crippen LogP contribution < -0.4 is 4.74 Å². The van der Waals surface area contributed by atoms with Gasteiger partial charge in [-0.1, -0.05) is 41.7 Å². The van der Waals surface area contributed by atoms with Gasteiger partial charge in [0.2, 0.25) is 5.88 Å². The van der Waals surface area contributed by atoms with E-state index in [1.165, 1.54) is 16.7 Å². The third-order valence-electron chi connectivity index (χ3n) is 3.95. The number of aliphatic carboxylic acids is 1. The van der Waals surface area contributed by atoms with Crippen molar-refractivity contribution in [2.45, 2.75) is 19.8 Å².